The summed E-state index contributed by atoms with van der Waals surface area (Å²) in [7, 11) is 0. The van der Waals surface area contributed by atoms with Crippen LogP contribution in [-0.2, 0) is 27.3 Å². The largest absolute Gasteiger partial charge is 0.347 e. The molecule has 148 valence electrons. The van der Waals surface area contributed by atoms with Gasteiger partial charge in [-0.25, -0.2) is 4.39 Å². The van der Waals surface area contributed by atoms with E-state index in [1.165, 1.54) is 13.0 Å². The van der Waals surface area contributed by atoms with E-state index >= 15 is 0 Å². The first-order valence-corrected chi connectivity index (χ1v) is 9.07. The number of hydrogen-bond donors (Lipinski definition) is 2. The summed E-state index contributed by atoms with van der Waals surface area (Å²) < 4.78 is 13.5. The first-order chi connectivity index (χ1) is 13.4. The Hall–Kier alpha value is -3.22. The second-order valence-corrected chi connectivity index (χ2v) is 6.29. The number of rotatable bonds is 7. The molecule has 7 heteroatoms. The van der Waals surface area contributed by atoms with E-state index in [-0.39, 0.29) is 18.3 Å². The fraction of sp³-hybridized carbons (Fsp3) is 0.286. The maximum absolute atomic E-state index is 13.5. The Morgan fingerprint density at radius 1 is 1.04 bits per heavy atom. The van der Waals surface area contributed by atoms with Crippen molar-refractivity contribution < 1.29 is 18.8 Å². The minimum absolute atomic E-state index is 0.0360. The summed E-state index contributed by atoms with van der Waals surface area (Å²) in [5.41, 5.74) is 1.78. The molecular formula is C21H24FN3O3. The molecule has 6 nitrogen and oxygen atoms in total. The van der Waals surface area contributed by atoms with Crippen LogP contribution in [0, 0.1) is 5.82 Å². The maximum Gasteiger partial charge on any atom is 0.313 e. The molecule has 0 atom stereocenters. The van der Waals surface area contributed by atoms with Crippen molar-refractivity contribution >= 4 is 23.4 Å². The van der Waals surface area contributed by atoms with Crippen LogP contribution in [-0.4, -0.2) is 35.7 Å². The van der Waals surface area contributed by atoms with E-state index in [4.69, 9.17) is 0 Å². The summed E-state index contributed by atoms with van der Waals surface area (Å²) in [6, 6.07) is 13.3. The van der Waals surface area contributed by atoms with E-state index in [1.54, 1.807) is 41.3 Å². The molecular weight excluding hydrogens is 361 g/mol. The smallest absolute Gasteiger partial charge is 0.313 e. The number of carbonyl (C=O) groups excluding carboxylic acids is 3. The van der Waals surface area contributed by atoms with Crippen LogP contribution in [0.15, 0.2) is 48.5 Å². The standard InChI is InChI=1S/C21H24FN3O3/c1-3-25(15(2)26)14-16-7-6-9-18(13-16)24-21(28)20(27)23-12-11-17-8-4-5-10-19(17)22/h4-10,13H,3,11-12,14H2,1-2H3,(H,23,27)(H,24,28). The van der Waals surface area contributed by atoms with Crippen LogP contribution in [0.1, 0.15) is 25.0 Å². The highest BCUT2D eigenvalue weighted by Crippen LogP contribution is 2.13. The van der Waals surface area contributed by atoms with Gasteiger partial charge in [0.2, 0.25) is 5.91 Å². The number of nitrogens with one attached hydrogen (secondary N) is 2. The molecule has 0 heterocycles. The van der Waals surface area contributed by atoms with Gasteiger partial charge in [0, 0.05) is 32.2 Å². The Bertz CT molecular complexity index is 854. The Morgan fingerprint density at radius 2 is 1.79 bits per heavy atom. The lowest BCUT2D eigenvalue weighted by atomic mass is 10.1. The van der Waals surface area contributed by atoms with Gasteiger partial charge < -0.3 is 15.5 Å². The quantitative estimate of drug-likeness (QED) is 0.719. The van der Waals surface area contributed by atoms with E-state index in [1.807, 2.05) is 13.0 Å². The van der Waals surface area contributed by atoms with Gasteiger partial charge in [0.25, 0.3) is 0 Å². The predicted octanol–water partition coefficient (Wildman–Crippen LogP) is 2.49. The fourth-order valence-corrected chi connectivity index (χ4v) is 2.69. The summed E-state index contributed by atoms with van der Waals surface area (Å²) in [5, 5.41) is 5.01. The number of halogens is 1. The van der Waals surface area contributed by atoms with Gasteiger partial charge in [-0.05, 0) is 42.7 Å². The monoisotopic (exact) mass is 385 g/mol. The molecule has 0 unspecified atom stereocenters. The second-order valence-electron chi connectivity index (χ2n) is 6.29. The molecule has 0 saturated carbocycles. The number of nitrogens with zero attached hydrogens (tertiary/aromatic N) is 1. The molecule has 0 saturated heterocycles. The number of hydrogen-bond acceptors (Lipinski definition) is 3. The minimum atomic E-state index is -0.801. The predicted molar refractivity (Wildman–Crippen MR) is 105 cm³/mol. The van der Waals surface area contributed by atoms with Crippen molar-refractivity contribution in [1.29, 1.82) is 0 Å². The zero-order valence-corrected chi connectivity index (χ0v) is 16.0. The summed E-state index contributed by atoms with van der Waals surface area (Å²) >= 11 is 0. The number of benzene rings is 2. The van der Waals surface area contributed by atoms with E-state index in [2.05, 4.69) is 10.6 Å². The first kappa shape index (κ1) is 21.1. The Labute approximate surface area is 163 Å². The highest BCUT2D eigenvalue weighted by atomic mass is 19.1. The van der Waals surface area contributed by atoms with Crippen molar-refractivity contribution in [2.45, 2.75) is 26.8 Å². The van der Waals surface area contributed by atoms with Crippen molar-refractivity contribution in [1.82, 2.24) is 10.2 Å². The minimum Gasteiger partial charge on any atom is -0.347 e. The topological polar surface area (TPSA) is 78.5 Å². The van der Waals surface area contributed by atoms with E-state index < -0.39 is 11.8 Å². The highest BCUT2D eigenvalue weighted by molar-refractivity contribution is 6.39. The van der Waals surface area contributed by atoms with Gasteiger partial charge in [-0.2, -0.15) is 0 Å². The van der Waals surface area contributed by atoms with Crippen LogP contribution in [0.4, 0.5) is 10.1 Å². The second kappa shape index (κ2) is 10.2. The molecule has 0 radical (unpaired) electrons. The van der Waals surface area contributed by atoms with Gasteiger partial charge in [-0.1, -0.05) is 30.3 Å². The normalized spacial score (nSPS) is 10.2. The van der Waals surface area contributed by atoms with Crippen LogP contribution >= 0.6 is 0 Å². The molecule has 0 aromatic heterocycles. The average Bonchev–Trinajstić information content (AvgIpc) is 2.67. The zero-order valence-electron chi connectivity index (χ0n) is 16.0. The molecule has 0 bridgehead atoms. The lowest BCUT2D eigenvalue weighted by molar-refractivity contribution is -0.136. The van der Waals surface area contributed by atoms with Crippen molar-refractivity contribution in [3.8, 4) is 0 Å². The van der Waals surface area contributed by atoms with Gasteiger partial charge in [0.15, 0.2) is 0 Å². The summed E-state index contributed by atoms with van der Waals surface area (Å²) in [6.07, 6.45) is 0.291. The molecule has 0 aliphatic heterocycles. The van der Waals surface area contributed by atoms with Crippen LogP contribution in [0.25, 0.3) is 0 Å². The van der Waals surface area contributed by atoms with E-state index in [0.717, 1.165) is 5.56 Å². The molecule has 28 heavy (non-hydrogen) atoms. The zero-order chi connectivity index (χ0) is 20.5. The molecule has 2 rings (SSSR count). The van der Waals surface area contributed by atoms with Gasteiger partial charge in [-0.3, -0.25) is 14.4 Å². The van der Waals surface area contributed by atoms with Crippen LogP contribution in [0.5, 0.6) is 0 Å². The molecule has 0 spiro atoms. The molecule has 2 aromatic rings. The summed E-state index contributed by atoms with van der Waals surface area (Å²) in [6.45, 7) is 4.54. The number of carbonyl (C=O) groups is 3. The van der Waals surface area contributed by atoms with Crippen molar-refractivity contribution in [3.63, 3.8) is 0 Å². The molecule has 0 aliphatic rings. The number of amides is 3. The molecule has 0 aliphatic carbocycles. The molecule has 3 amide bonds. The third-order valence-corrected chi connectivity index (χ3v) is 4.23. The lowest BCUT2D eigenvalue weighted by Gasteiger charge is -2.19. The van der Waals surface area contributed by atoms with Crippen LogP contribution < -0.4 is 10.6 Å². The molecule has 2 aromatic carbocycles. The maximum atomic E-state index is 13.5. The Balaban J connectivity index is 1.87. The van der Waals surface area contributed by atoms with Crippen LogP contribution in [0.2, 0.25) is 0 Å². The van der Waals surface area contributed by atoms with E-state index in [9.17, 15) is 18.8 Å². The molecule has 0 fully saturated rings. The van der Waals surface area contributed by atoms with Crippen molar-refractivity contribution in [3.05, 3.63) is 65.5 Å². The lowest BCUT2D eigenvalue weighted by Crippen LogP contribution is -2.36. The third kappa shape index (κ3) is 6.19. The van der Waals surface area contributed by atoms with Gasteiger partial charge in [-0.15, -0.1) is 0 Å². The van der Waals surface area contributed by atoms with Crippen molar-refractivity contribution in [2.75, 3.05) is 18.4 Å². The summed E-state index contributed by atoms with van der Waals surface area (Å²) in [5.74, 6) is -1.97. The van der Waals surface area contributed by atoms with Gasteiger partial charge in [0.1, 0.15) is 5.82 Å². The first-order valence-electron chi connectivity index (χ1n) is 9.07. The SMILES string of the molecule is CCN(Cc1cccc(NC(=O)C(=O)NCCc2ccccc2F)c1)C(C)=O. The average molecular weight is 385 g/mol. The third-order valence-electron chi connectivity index (χ3n) is 4.23. The number of anilines is 1. The van der Waals surface area contributed by atoms with Gasteiger partial charge >= 0.3 is 11.8 Å². The molecule has 2 N–H and O–H groups in total. The Kier molecular flexibility index (Phi) is 7.68. The summed E-state index contributed by atoms with van der Waals surface area (Å²) in [4.78, 5) is 37.2. The van der Waals surface area contributed by atoms with Crippen LogP contribution in [0.3, 0.4) is 0 Å². The van der Waals surface area contributed by atoms with Crippen molar-refractivity contribution in [2.24, 2.45) is 0 Å². The highest BCUT2D eigenvalue weighted by Gasteiger charge is 2.14. The van der Waals surface area contributed by atoms with E-state index in [0.29, 0.717) is 30.8 Å². The Morgan fingerprint density at radius 3 is 2.46 bits per heavy atom. The van der Waals surface area contributed by atoms with Gasteiger partial charge in [0.05, 0.1) is 0 Å². The fourth-order valence-electron chi connectivity index (χ4n) is 2.69.